The second-order valence-electron chi connectivity index (χ2n) is 9.03. The summed E-state index contributed by atoms with van der Waals surface area (Å²) in [5, 5.41) is 4.80. The van der Waals surface area contributed by atoms with Crippen LogP contribution >= 0.6 is 35.3 Å². The Morgan fingerprint density at radius 2 is 2.03 bits per heavy atom. The summed E-state index contributed by atoms with van der Waals surface area (Å²) < 4.78 is 12.0. The van der Waals surface area contributed by atoms with Gasteiger partial charge in [-0.05, 0) is 71.1 Å². The summed E-state index contributed by atoms with van der Waals surface area (Å²) in [5.74, 6) is 1.06. The molecule has 1 aromatic rings. The highest BCUT2D eigenvalue weighted by Gasteiger charge is 2.23. The second kappa shape index (κ2) is 14.1. The Morgan fingerprint density at radius 1 is 1.19 bits per heavy atom. The molecule has 1 N–H and O–H groups in total. The van der Waals surface area contributed by atoms with Gasteiger partial charge < -0.3 is 19.7 Å². The monoisotopic (exact) mass is 576 g/mol. The van der Waals surface area contributed by atoms with Gasteiger partial charge in [-0.15, -0.1) is 35.3 Å². The van der Waals surface area contributed by atoms with E-state index in [1.165, 1.54) is 49.2 Å². The first kappa shape index (κ1) is 26.2. The van der Waals surface area contributed by atoms with Crippen LogP contribution < -0.4 is 5.32 Å². The highest BCUT2D eigenvalue weighted by molar-refractivity contribution is 14.0. The van der Waals surface area contributed by atoms with Gasteiger partial charge in [0.25, 0.3) is 0 Å². The summed E-state index contributed by atoms with van der Waals surface area (Å²) in [6.07, 6.45) is 13.6. The molecule has 3 aliphatic rings. The quantitative estimate of drug-likeness (QED) is 0.213. The molecule has 2 saturated heterocycles. The number of aliphatic imine (C=N–C) groups is 1. The molecule has 1 aliphatic carbocycles. The normalized spacial score (nSPS) is 22.3. The fourth-order valence-corrected chi connectivity index (χ4v) is 5.97. The van der Waals surface area contributed by atoms with E-state index in [4.69, 9.17) is 19.5 Å². The van der Waals surface area contributed by atoms with Crippen LogP contribution in [0, 0.1) is 0 Å². The first-order chi connectivity index (χ1) is 15.3. The standard InChI is InChI=1S/C24H40N4O2S.HI/c1-2-25-24(26-14-7-11-23-27-21-9-3-4-10-22(21)31-23)28-15-12-19(13-16-28)30-18-20-8-5-6-17-29-20;/h19-20H,2-18H2,1H3,(H,25,26);1H. The Morgan fingerprint density at radius 3 is 2.78 bits per heavy atom. The Bertz CT molecular complexity index is 677. The molecular weight excluding hydrogens is 535 g/mol. The van der Waals surface area contributed by atoms with Gasteiger partial charge in [0.05, 0.1) is 29.5 Å². The van der Waals surface area contributed by atoms with Gasteiger partial charge in [-0.25, -0.2) is 4.98 Å². The molecule has 3 heterocycles. The third-order valence-corrected chi connectivity index (χ3v) is 7.79. The van der Waals surface area contributed by atoms with Gasteiger partial charge in [-0.2, -0.15) is 0 Å². The maximum Gasteiger partial charge on any atom is 0.193 e. The molecular formula is C24H41IN4O2S. The van der Waals surface area contributed by atoms with Crippen LogP contribution in [0.3, 0.4) is 0 Å². The van der Waals surface area contributed by atoms with Crippen molar-refractivity contribution in [2.24, 2.45) is 4.99 Å². The fourth-order valence-electron chi connectivity index (χ4n) is 4.77. The minimum atomic E-state index is 0. The number of rotatable bonds is 8. The third kappa shape index (κ3) is 7.81. The second-order valence-corrected chi connectivity index (χ2v) is 10.2. The number of halogens is 1. The largest absolute Gasteiger partial charge is 0.376 e. The molecule has 0 saturated carbocycles. The molecule has 1 atom stereocenters. The molecule has 0 bridgehead atoms. The lowest BCUT2D eigenvalue weighted by Crippen LogP contribution is -2.47. The molecule has 32 heavy (non-hydrogen) atoms. The average Bonchev–Trinajstić information content (AvgIpc) is 3.24. The van der Waals surface area contributed by atoms with Crippen molar-refractivity contribution in [1.82, 2.24) is 15.2 Å². The van der Waals surface area contributed by atoms with Crippen molar-refractivity contribution in [2.45, 2.75) is 89.8 Å². The topological polar surface area (TPSA) is 59.0 Å². The van der Waals surface area contributed by atoms with E-state index >= 15 is 0 Å². The van der Waals surface area contributed by atoms with Crippen LogP contribution in [-0.2, 0) is 28.7 Å². The number of hydrogen-bond acceptors (Lipinski definition) is 5. The van der Waals surface area contributed by atoms with Crippen LogP contribution in [0.2, 0.25) is 0 Å². The first-order valence-corrected chi connectivity index (χ1v) is 13.4. The molecule has 0 radical (unpaired) electrons. The zero-order chi connectivity index (χ0) is 21.3. The van der Waals surface area contributed by atoms with Crippen molar-refractivity contribution in [3.8, 4) is 0 Å². The van der Waals surface area contributed by atoms with Crippen LogP contribution in [-0.4, -0.2) is 67.4 Å². The maximum absolute atomic E-state index is 6.17. The number of fused-ring (bicyclic) bond motifs is 1. The van der Waals surface area contributed by atoms with Crippen LogP contribution in [0.1, 0.15) is 73.9 Å². The molecule has 0 amide bonds. The van der Waals surface area contributed by atoms with Gasteiger partial charge in [-0.3, -0.25) is 4.99 Å². The Labute approximate surface area is 215 Å². The van der Waals surface area contributed by atoms with E-state index in [9.17, 15) is 0 Å². The number of hydrogen-bond donors (Lipinski definition) is 1. The summed E-state index contributed by atoms with van der Waals surface area (Å²) in [4.78, 5) is 13.7. The van der Waals surface area contributed by atoms with Gasteiger partial charge in [0.1, 0.15) is 0 Å². The Hall–Kier alpha value is -0.450. The first-order valence-electron chi connectivity index (χ1n) is 12.6. The number of aromatic nitrogens is 1. The van der Waals surface area contributed by atoms with Crippen LogP contribution in [0.5, 0.6) is 0 Å². The number of likely N-dealkylation sites (tertiary alicyclic amines) is 1. The van der Waals surface area contributed by atoms with Crippen molar-refractivity contribution in [2.75, 3.05) is 39.4 Å². The number of thiazole rings is 1. The highest BCUT2D eigenvalue weighted by Crippen LogP contribution is 2.27. The predicted octanol–water partition coefficient (Wildman–Crippen LogP) is 4.59. The average molecular weight is 577 g/mol. The lowest BCUT2D eigenvalue weighted by atomic mass is 10.0. The van der Waals surface area contributed by atoms with Crippen LogP contribution in [0.25, 0.3) is 0 Å². The van der Waals surface area contributed by atoms with E-state index in [1.54, 1.807) is 4.88 Å². The molecule has 0 aromatic carbocycles. The summed E-state index contributed by atoms with van der Waals surface area (Å²) in [6, 6.07) is 0. The van der Waals surface area contributed by atoms with Crippen molar-refractivity contribution < 1.29 is 9.47 Å². The summed E-state index contributed by atoms with van der Waals surface area (Å²) in [5.41, 5.74) is 1.38. The smallest absolute Gasteiger partial charge is 0.193 e. The summed E-state index contributed by atoms with van der Waals surface area (Å²) >= 11 is 1.94. The molecule has 0 spiro atoms. The van der Waals surface area contributed by atoms with Crippen molar-refractivity contribution in [3.05, 3.63) is 15.6 Å². The van der Waals surface area contributed by atoms with E-state index < -0.39 is 0 Å². The molecule has 1 aromatic heterocycles. The minimum absolute atomic E-state index is 0. The summed E-state index contributed by atoms with van der Waals surface area (Å²) in [6.45, 7) is 7.62. The molecule has 4 rings (SSSR count). The zero-order valence-corrected chi connectivity index (χ0v) is 22.8. The number of nitrogens with zero attached hydrogens (tertiary/aromatic N) is 3. The van der Waals surface area contributed by atoms with Gasteiger partial charge in [-0.1, -0.05) is 0 Å². The zero-order valence-electron chi connectivity index (χ0n) is 19.7. The number of piperidine rings is 1. The molecule has 182 valence electrons. The number of guanidine groups is 1. The van der Waals surface area contributed by atoms with E-state index in [0.717, 1.165) is 77.5 Å². The fraction of sp³-hybridized carbons (Fsp3) is 0.833. The number of aryl methyl sites for hydroxylation is 3. The van der Waals surface area contributed by atoms with Crippen LogP contribution in [0.15, 0.2) is 4.99 Å². The third-order valence-electron chi connectivity index (χ3n) is 6.57. The Balaban J connectivity index is 0.00000289. The van der Waals surface area contributed by atoms with E-state index in [-0.39, 0.29) is 24.0 Å². The molecule has 6 nitrogen and oxygen atoms in total. The predicted molar refractivity (Wildman–Crippen MR) is 143 cm³/mol. The van der Waals surface area contributed by atoms with Crippen LogP contribution in [0.4, 0.5) is 0 Å². The lowest BCUT2D eigenvalue weighted by molar-refractivity contribution is -0.0721. The highest BCUT2D eigenvalue weighted by atomic mass is 127. The van der Waals surface area contributed by atoms with Gasteiger partial charge >= 0.3 is 0 Å². The van der Waals surface area contributed by atoms with Gasteiger partial charge in [0.2, 0.25) is 0 Å². The van der Waals surface area contributed by atoms with E-state index in [1.807, 2.05) is 11.3 Å². The molecule has 2 fully saturated rings. The number of nitrogens with one attached hydrogen (secondary N) is 1. The maximum atomic E-state index is 6.17. The molecule has 1 unspecified atom stereocenters. The van der Waals surface area contributed by atoms with Crippen molar-refractivity contribution in [3.63, 3.8) is 0 Å². The molecule has 8 heteroatoms. The van der Waals surface area contributed by atoms with Crippen molar-refractivity contribution in [1.29, 1.82) is 0 Å². The van der Waals surface area contributed by atoms with E-state index in [0.29, 0.717) is 12.2 Å². The minimum Gasteiger partial charge on any atom is -0.376 e. The molecule has 2 aliphatic heterocycles. The van der Waals surface area contributed by atoms with E-state index in [2.05, 4.69) is 17.1 Å². The SMILES string of the molecule is CCNC(=NCCCc1nc2c(s1)CCCC2)N1CCC(OCC2CCCCO2)CC1.I. The lowest BCUT2D eigenvalue weighted by Gasteiger charge is -2.35. The Kier molecular flexibility index (Phi) is 11.5. The number of ether oxygens (including phenoxy) is 2. The van der Waals surface area contributed by atoms with Gasteiger partial charge in [0, 0.05) is 44.1 Å². The summed E-state index contributed by atoms with van der Waals surface area (Å²) in [7, 11) is 0. The van der Waals surface area contributed by atoms with Gasteiger partial charge in [0.15, 0.2) is 5.96 Å². The van der Waals surface area contributed by atoms with Crippen molar-refractivity contribution >= 4 is 41.3 Å².